The smallest absolute Gasteiger partial charge is 0.341 e. The SMILES string of the molecule is O=C(O)COc1ccc(Cl)cc1C(=O)c1cc(Cl)ccc1OCC(=O)O. The van der Waals surface area contributed by atoms with Crippen molar-refractivity contribution in [1.82, 2.24) is 0 Å². The standard InChI is InChI=1S/C17H12Cl2O7/c18-9-1-3-13(25-7-15(20)21)11(5-9)17(24)12-6-10(19)2-4-14(12)26-8-16(22)23/h1-6H,7-8H2,(H,20,21)(H,22,23). The first-order valence-electron chi connectivity index (χ1n) is 7.11. The quantitative estimate of drug-likeness (QED) is 0.656. The maximum Gasteiger partial charge on any atom is 0.341 e. The fraction of sp³-hybridized carbons (Fsp3) is 0.118. The summed E-state index contributed by atoms with van der Waals surface area (Å²) in [5, 5.41) is 18.0. The maximum atomic E-state index is 12.9. The molecule has 0 saturated carbocycles. The fourth-order valence-corrected chi connectivity index (χ4v) is 2.38. The zero-order chi connectivity index (χ0) is 19.3. The molecule has 0 aliphatic heterocycles. The summed E-state index contributed by atoms with van der Waals surface area (Å²) in [5.41, 5.74) is -0.0256. The summed E-state index contributed by atoms with van der Waals surface area (Å²) in [5.74, 6) is -3.04. The second-order valence-electron chi connectivity index (χ2n) is 4.97. The molecule has 26 heavy (non-hydrogen) atoms. The Morgan fingerprint density at radius 2 is 1.15 bits per heavy atom. The Bertz CT molecular complexity index is 795. The lowest BCUT2D eigenvalue weighted by molar-refractivity contribution is -0.140. The highest BCUT2D eigenvalue weighted by molar-refractivity contribution is 6.32. The second kappa shape index (κ2) is 8.55. The number of hydrogen-bond acceptors (Lipinski definition) is 5. The molecule has 7 nitrogen and oxygen atoms in total. The van der Waals surface area contributed by atoms with E-state index in [1.54, 1.807) is 0 Å². The van der Waals surface area contributed by atoms with Gasteiger partial charge in [0, 0.05) is 10.0 Å². The number of rotatable bonds is 8. The molecule has 0 atom stereocenters. The molecular weight excluding hydrogens is 387 g/mol. The molecule has 2 aromatic rings. The first-order chi connectivity index (χ1) is 12.3. The average molecular weight is 399 g/mol. The van der Waals surface area contributed by atoms with Crippen molar-refractivity contribution in [3.63, 3.8) is 0 Å². The number of carboxylic acid groups (broad SMARTS) is 2. The van der Waals surface area contributed by atoms with E-state index in [1.165, 1.54) is 36.4 Å². The van der Waals surface area contributed by atoms with Gasteiger partial charge in [-0.3, -0.25) is 4.79 Å². The van der Waals surface area contributed by atoms with Gasteiger partial charge >= 0.3 is 11.9 Å². The Labute approximate surface area is 157 Å². The molecule has 0 bridgehead atoms. The van der Waals surface area contributed by atoms with Crippen LogP contribution in [-0.4, -0.2) is 41.1 Å². The maximum absolute atomic E-state index is 12.9. The van der Waals surface area contributed by atoms with E-state index in [-0.39, 0.29) is 32.7 Å². The van der Waals surface area contributed by atoms with Gasteiger partial charge in [-0.05, 0) is 36.4 Å². The molecule has 0 aliphatic rings. The van der Waals surface area contributed by atoms with Crippen molar-refractivity contribution >= 4 is 40.9 Å². The van der Waals surface area contributed by atoms with Crippen molar-refractivity contribution in [3.8, 4) is 11.5 Å². The molecular formula is C17H12Cl2O7. The number of halogens is 2. The van der Waals surface area contributed by atoms with Crippen molar-refractivity contribution in [2.75, 3.05) is 13.2 Å². The Morgan fingerprint density at radius 1 is 0.769 bits per heavy atom. The van der Waals surface area contributed by atoms with Crippen LogP contribution in [0.4, 0.5) is 0 Å². The predicted octanol–water partition coefficient (Wildman–Crippen LogP) is 3.15. The number of carbonyl (C=O) groups is 3. The molecule has 0 fully saturated rings. The van der Waals surface area contributed by atoms with Crippen LogP contribution < -0.4 is 9.47 Å². The number of carbonyl (C=O) groups excluding carboxylic acids is 1. The molecule has 2 rings (SSSR count). The van der Waals surface area contributed by atoms with Gasteiger partial charge in [-0.1, -0.05) is 23.2 Å². The number of aliphatic carboxylic acids is 2. The Morgan fingerprint density at radius 3 is 1.50 bits per heavy atom. The molecule has 0 radical (unpaired) electrons. The summed E-state index contributed by atoms with van der Waals surface area (Å²) in [6.45, 7) is -1.31. The molecule has 0 saturated heterocycles. The topological polar surface area (TPSA) is 110 Å². The first-order valence-corrected chi connectivity index (χ1v) is 7.86. The van der Waals surface area contributed by atoms with Gasteiger partial charge in [0.2, 0.25) is 5.78 Å². The van der Waals surface area contributed by atoms with Crippen LogP contribution in [0, 0.1) is 0 Å². The largest absolute Gasteiger partial charge is 0.481 e. The Balaban J connectivity index is 2.45. The van der Waals surface area contributed by atoms with Gasteiger partial charge in [-0.2, -0.15) is 0 Å². The van der Waals surface area contributed by atoms with Crippen molar-refractivity contribution < 1.29 is 34.1 Å². The first kappa shape index (κ1) is 19.6. The predicted molar refractivity (Wildman–Crippen MR) is 92.6 cm³/mol. The van der Waals surface area contributed by atoms with Crippen molar-refractivity contribution in [2.45, 2.75) is 0 Å². The van der Waals surface area contributed by atoms with E-state index in [2.05, 4.69) is 0 Å². The normalized spacial score (nSPS) is 10.2. The van der Waals surface area contributed by atoms with Gasteiger partial charge in [-0.15, -0.1) is 0 Å². The molecule has 0 spiro atoms. The molecule has 0 aromatic heterocycles. The third-order valence-corrected chi connectivity index (χ3v) is 3.54. The van der Waals surface area contributed by atoms with E-state index in [1.807, 2.05) is 0 Å². The van der Waals surface area contributed by atoms with Crippen LogP contribution >= 0.6 is 23.2 Å². The zero-order valence-electron chi connectivity index (χ0n) is 13.1. The highest BCUT2D eigenvalue weighted by atomic mass is 35.5. The summed E-state index contributed by atoms with van der Waals surface area (Å²) >= 11 is 11.9. The molecule has 136 valence electrons. The molecule has 0 amide bonds. The lowest BCUT2D eigenvalue weighted by atomic mass is 10.0. The monoisotopic (exact) mass is 398 g/mol. The molecule has 9 heteroatoms. The summed E-state index contributed by atoms with van der Waals surface area (Å²) in [4.78, 5) is 34.3. The summed E-state index contributed by atoms with van der Waals surface area (Å²) in [7, 11) is 0. The van der Waals surface area contributed by atoms with Gasteiger partial charge in [0.05, 0.1) is 11.1 Å². The van der Waals surface area contributed by atoms with E-state index in [0.717, 1.165) is 0 Å². The van der Waals surface area contributed by atoms with E-state index < -0.39 is 30.9 Å². The van der Waals surface area contributed by atoms with Crippen LogP contribution in [0.15, 0.2) is 36.4 Å². The van der Waals surface area contributed by atoms with E-state index >= 15 is 0 Å². The van der Waals surface area contributed by atoms with E-state index in [9.17, 15) is 14.4 Å². The number of hydrogen-bond donors (Lipinski definition) is 2. The van der Waals surface area contributed by atoms with Crippen molar-refractivity contribution in [1.29, 1.82) is 0 Å². The van der Waals surface area contributed by atoms with Gasteiger partial charge in [-0.25, -0.2) is 9.59 Å². The second-order valence-corrected chi connectivity index (χ2v) is 5.85. The zero-order valence-corrected chi connectivity index (χ0v) is 14.6. The van der Waals surface area contributed by atoms with Crippen LogP contribution in [0.3, 0.4) is 0 Å². The molecule has 0 unspecified atom stereocenters. The third-order valence-electron chi connectivity index (χ3n) is 3.07. The summed E-state index contributed by atoms with van der Waals surface area (Å²) < 4.78 is 10.2. The fourth-order valence-electron chi connectivity index (χ4n) is 2.04. The van der Waals surface area contributed by atoms with Gasteiger partial charge in [0.1, 0.15) is 11.5 Å². The summed E-state index contributed by atoms with van der Waals surface area (Å²) in [6, 6.07) is 8.22. The van der Waals surface area contributed by atoms with E-state index in [0.29, 0.717) is 0 Å². The molecule has 0 heterocycles. The molecule has 2 aromatic carbocycles. The Hall–Kier alpha value is -2.77. The highest BCUT2D eigenvalue weighted by Crippen LogP contribution is 2.30. The van der Waals surface area contributed by atoms with Crippen molar-refractivity contribution in [3.05, 3.63) is 57.6 Å². The lowest BCUT2D eigenvalue weighted by Crippen LogP contribution is -2.14. The van der Waals surface area contributed by atoms with Gasteiger partial charge < -0.3 is 19.7 Å². The minimum atomic E-state index is -1.22. The lowest BCUT2D eigenvalue weighted by Gasteiger charge is -2.13. The highest BCUT2D eigenvalue weighted by Gasteiger charge is 2.21. The summed E-state index contributed by atoms with van der Waals surface area (Å²) in [6.07, 6.45) is 0. The number of carboxylic acids is 2. The van der Waals surface area contributed by atoms with Crippen LogP contribution in [0.25, 0.3) is 0 Å². The van der Waals surface area contributed by atoms with Gasteiger partial charge in [0.15, 0.2) is 13.2 Å². The van der Waals surface area contributed by atoms with Crippen molar-refractivity contribution in [2.24, 2.45) is 0 Å². The minimum Gasteiger partial charge on any atom is -0.481 e. The number of ketones is 1. The Kier molecular flexibility index (Phi) is 6.43. The molecule has 2 N–H and O–H groups in total. The van der Waals surface area contributed by atoms with Crippen LogP contribution in [0.1, 0.15) is 15.9 Å². The minimum absolute atomic E-state index is 0.00552. The average Bonchev–Trinajstić information content (AvgIpc) is 2.58. The van der Waals surface area contributed by atoms with E-state index in [4.69, 9.17) is 42.9 Å². The van der Waals surface area contributed by atoms with Crippen LogP contribution in [0.2, 0.25) is 10.0 Å². The third kappa shape index (κ3) is 5.11. The molecule has 0 aliphatic carbocycles. The number of ether oxygens (including phenoxy) is 2. The van der Waals surface area contributed by atoms with Crippen LogP contribution in [-0.2, 0) is 9.59 Å². The van der Waals surface area contributed by atoms with Gasteiger partial charge in [0.25, 0.3) is 0 Å². The van der Waals surface area contributed by atoms with Crippen LogP contribution in [0.5, 0.6) is 11.5 Å². The number of benzene rings is 2.